The van der Waals surface area contributed by atoms with Gasteiger partial charge >= 0.3 is 5.97 Å². The second kappa shape index (κ2) is 9.81. The highest BCUT2D eigenvalue weighted by molar-refractivity contribution is 6.99. The van der Waals surface area contributed by atoms with Gasteiger partial charge in [-0.3, -0.25) is 4.79 Å². The molecule has 1 N–H and O–H groups in total. The van der Waals surface area contributed by atoms with Crippen LogP contribution >= 0.6 is 0 Å². The van der Waals surface area contributed by atoms with Crippen molar-refractivity contribution in [2.75, 3.05) is 0 Å². The number of carbonyl (C=O) groups excluding carboxylic acids is 1. The van der Waals surface area contributed by atoms with Crippen molar-refractivity contribution < 1.29 is 19.1 Å². The summed E-state index contributed by atoms with van der Waals surface area (Å²) in [5, 5.41) is 10.9. The third-order valence-corrected chi connectivity index (χ3v) is 10.2. The van der Waals surface area contributed by atoms with E-state index in [1.165, 1.54) is 10.4 Å². The van der Waals surface area contributed by atoms with Crippen molar-refractivity contribution in [1.29, 1.82) is 0 Å². The lowest BCUT2D eigenvalue weighted by Crippen LogP contribution is -2.67. The first-order valence-electron chi connectivity index (χ1n) is 9.89. The highest BCUT2D eigenvalue weighted by atomic mass is 28.4. The minimum absolute atomic E-state index is 0.128. The van der Waals surface area contributed by atoms with E-state index in [-0.39, 0.29) is 23.3 Å². The minimum atomic E-state index is -2.64. The maximum atomic E-state index is 12.0. The van der Waals surface area contributed by atoms with E-state index in [1.807, 2.05) is 43.3 Å². The number of carboxylic acid groups (broad SMARTS) is 1. The summed E-state index contributed by atoms with van der Waals surface area (Å²) in [6.45, 7) is 8.64. The fraction of sp³-hybridized carbons (Fsp3) is 0.333. The van der Waals surface area contributed by atoms with Gasteiger partial charge in [0.2, 0.25) is 0 Å². The molecule has 0 spiro atoms. The Balaban J connectivity index is 2.36. The molecule has 0 aliphatic rings. The summed E-state index contributed by atoms with van der Waals surface area (Å²) < 4.78 is 6.90. The Bertz CT molecular complexity index is 799. The van der Waals surface area contributed by atoms with E-state index in [4.69, 9.17) is 9.53 Å². The number of carbonyl (C=O) groups is 2. The fourth-order valence-electron chi connectivity index (χ4n) is 3.65. The Morgan fingerprint density at radius 2 is 1.45 bits per heavy atom. The molecule has 0 aliphatic carbocycles. The Hall–Kier alpha value is -2.50. The second-order valence-corrected chi connectivity index (χ2v) is 12.5. The molecule has 0 heterocycles. The first kappa shape index (κ1) is 22.8. The molecule has 1 atom stereocenters. The quantitative estimate of drug-likeness (QED) is 0.502. The molecule has 0 unspecified atom stereocenters. The number of hydrogen-bond donors (Lipinski definition) is 1. The van der Waals surface area contributed by atoms with Crippen molar-refractivity contribution >= 4 is 30.4 Å². The lowest BCUT2D eigenvalue weighted by Gasteiger charge is -2.44. The summed E-state index contributed by atoms with van der Waals surface area (Å²) in [4.78, 5) is 22.6. The van der Waals surface area contributed by atoms with Crippen LogP contribution in [0.15, 0.2) is 72.8 Å². The number of carboxylic acids is 1. The molecular weight excluding hydrogens is 380 g/mol. The molecule has 4 nitrogen and oxygen atoms in total. The van der Waals surface area contributed by atoms with Crippen LogP contribution in [0.2, 0.25) is 5.04 Å². The smallest absolute Gasteiger partial charge is 0.328 e. The van der Waals surface area contributed by atoms with Gasteiger partial charge < -0.3 is 9.53 Å². The summed E-state index contributed by atoms with van der Waals surface area (Å²) in [7, 11) is -2.64. The van der Waals surface area contributed by atoms with E-state index in [9.17, 15) is 9.59 Å². The van der Waals surface area contributed by atoms with Crippen LogP contribution in [0.1, 0.15) is 40.5 Å². The number of aliphatic carboxylic acids is 1. The Kier molecular flexibility index (Phi) is 7.71. The van der Waals surface area contributed by atoms with Gasteiger partial charge in [0.05, 0.1) is 0 Å². The zero-order chi connectivity index (χ0) is 21.5. The number of ketones is 1. The lowest BCUT2D eigenvalue weighted by molar-refractivity contribution is -0.131. The average molecular weight is 411 g/mol. The molecule has 0 amide bonds. The summed E-state index contributed by atoms with van der Waals surface area (Å²) in [6, 6.07) is 20.7. The van der Waals surface area contributed by atoms with Gasteiger partial charge in [-0.25, -0.2) is 4.79 Å². The predicted octanol–water partition coefficient (Wildman–Crippen LogP) is 3.94. The second-order valence-electron chi connectivity index (χ2n) is 8.27. The van der Waals surface area contributed by atoms with Gasteiger partial charge in [-0.05, 0) is 34.8 Å². The summed E-state index contributed by atoms with van der Waals surface area (Å²) in [5.41, 5.74) is 0. The largest absolute Gasteiger partial charge is 0.478 e. The first-order valence-corrected chi connectivity index (χ1v) is 11.8. The Morgan fingerprint density at radius 3 is 1.86 bits per heavy atom. The fourth-order valence-corrected chi connectivity index (χ4v) is 8.38. The molecule has 0 fully saturated rings. The average Bonchev–Trinajstić information content (AvgIpc) is 2.69. The molecule has 2 aromatic carbocycles. The molecule has 0 aliphatic heterocycles. The van der Waals surface area contributed by atoms with Gasteiger partial charge in [0.15, 0.2) is 5.78 Å². The SMILES string of the molecule is C[C@@H](CCC(=O)/C=C/C(=O)O)O[Si](c1ccccc1)(c1ccccc1)C(C)(C)C. The van der Waals surface area contributed by atoms with Gasteiger partial charge in [0.25, 0.3) is 8.32 Å². The van der Waals surface area contributed by atoms with E-state index in [0.29, 0.717) is 6.42 Å². The molecule has 154 valence electrons. The monoisotopic (exact) mass is 410 g/mol. The van der Waals surface area contributed by atoms with Crippen LogP contribution in [0.4, 0.5) is 0 Å². The maximum Gasteiger partial charge on any atom is 0.328 e. The molecule has 0 aromatic heterocycles. The summed E-state index contributed by atoms with van der Waals surface area (Å²) in [5.74, 6) is -1.32. The van der Waals surface area contributed by atoms with Crippen molar-refractivity contribution in [3.05, 3.63) is 72.8 Å². The van der Waals surface area contributed by atoms with Crippen molar-refractivity contribution in [2.24, 2.45) is 0 Å². The molecular formula is C24H30O4Si. The maximum absolute atomic E-state index is 12.0. The van der Waals surface area contributed by atoms with Crippen LogP contribution in [-0.4, -0.2) is 31.3 Å². The van der Waals surface area contributed by atoms with Crippen LogP contribution in [0.5, 0.6) is 0 Å². The molecule has 0 saturated carbocycles. The summed E-state index contributed by atoms with van der Waals surface area (Å²) >= 11 is 0. The molecule has 2 aromatic rings. The van der Waals surface area contributed by atoms with Crippen molar-refractivity contribution in [3.8, 4) is 0 Å². The third-order valence-electron chi connectivity index (χ3n) is 5.00. The van der Waals surface area contributed by atoms with Crippen LogP contribution in [0.25, 0.3) is 0 Å². The minimum Gasteiger partial charge on any atom is -0.478 e. The predicted molar refractivity (Wildman–Crippen MR) is 119 cm³/mol. The zero-order valence-corrected chi connectivity index (χ0v) is 18.6. The van der Waals surface area contributed by atoms with Crippen LogP contribution in [-0.2, 0) is 14.0 Å². The van der Waals surface area contributed by atoms with E-state index in [2.05, 4.69) is 45.0 Å². The van der Waals surface area contributed by atoms with E-state index < -0.39 is 14.3 Å². The normalized spacial score (nSPS) is 13.4. The van der Waals surface area contributed by atoms with Gasteiger partial charge in [-0.15, -0.1) is 0 Å². The molecule has 2 rings (SSSR count). The molecule has 5 heteroatoms. The molecule has 29 heavy (non-hydrogen) atoms. The zero-order valence-electron chi connectivity index (χ0n) is 17.6. The van der Waals surface area contributed by atoms with E-state index in [0.717, 1.165) is 12.2 Å². The van der Waals surface area contributed by atoms with E-state index in [1.54, 1.807) is 0 Å². The Morgan fingerprint density at radius 1 is 0.966 bits per heavy atom. The highest BCUT2D eigenvalue weighted by Crippen LogP contribution is 2.37. The van der Waals surface area contributed by atoms with Crippen molar-refractivity contribution in [2.45, 2.75) is 51.7 Å². The number of hydrogen-bond acceptors (Lipinski definition) is 3. The standard InChI is InChI=1S/C24H30O4Si/c1-19(15-16-20(25)17-18-23(26)27)28-29(24(2,3)4,21-11-7-5-8-12-21)22-13-9-6-10-14-22/h5-14,17-19H,15-16H2,1-4H3,(H,26,27)/b18-17+/t19-/m0/s1. The van der Waals surface area contributed by atoms with Gasteiger partial charge in [-0.1, -0.05) is 81.4 Å². The van der Waals surface area contributed by atoms with Gasteiger partial charge in [-0.2, -0.15) is 0 Å². The lowest BCUT2D eigenvalue weighted by atomic mass is 10.1. The highest BCUT2D eigenvalue weighted by Gasteiger charge is 2.50. The van der Waals surface area contributed by atoms with Gasteiger partial charge in [0, 0.05) is 18.6 Å². The molecule has 0 saturated heterocycles. The van der Waals surface area contributed by atoms with Gasteiger partial charge in [0.1, 0.15) is 0 Å². The topological polar surface area (TPSA) is 63.6 Å². The number of benzene rings is 2. The molecule has 0 bridgehead atoms. The summed E-state index contributed by atoms with van der Waals surface area (Å²) in [6.07, 6.45) is 2.65. The van der Waals surface area contributed by atoms with Crippen LogP contribution < -0.4 is 10.4 Å². The number of rotatable bonds is 9. The van der Waals surface area contributed by atoms with E-state index >= 15 is 0 Å². The third kappa shape index (κ3) is 5.75. The first-order chi connectivity index (χ1) is 13.7. The van der Waals surface area contributed by atoms with Crippen molar-refractivity contribution in [3.63, 3.8) is 0 Å². The molecule has 0 radical (unpaired) electrons. The number of allylic oxidation sites excluding steroid dienone is 1. The van der Waals surface area contributed by atoms with Crippen LogP contribution in [0.3, 0.4) is 0 Å². The van der Waals surface area contributed by atoms with Crippen LogP contribution in [0, 0.1) is 0 Å². The Labute approximate surface area is 174 Å². The van der Waals surface area contributed by atoms with Crippen molar-refractivity contribution in [1.82, 2.24) is 0 Å².